The summed E-state index contributed by atoms with van der Waals surface area (Å²) >= 11 is 1.36. The van der Waals surface area contributed by atoms with Crippen LogP contribution in [0.3, 0.4) is 0 Å². The zero-order valence-electron chi connectivity index (χ0n) is 16.5. The lowest BCUT2D eigenvalue weighted by Crippen LogP contribution is -2.42. The third-order valence-electron chi connectivity index (χ3n) is 5.58. The van der Waals surface area contributed by atoms with Gasteiger partial charge >= 0.3 is 0 Å². The number of fused-ring (bicyclic) bond motifs is 1. The van der Waals surface area contributed by atoms with E-state index in [1.54, 1.807) is 18.7 Å². The Bertz CT molecular complexity index is 1060. The van der Waals surface area contributed by atoms with E-state index in [0.29, 0.717) is 11.5 Å². The Morgan fingerprint density at radius 1 is 1.34 bits per heavy atom. The Hall–Kier alpha value is -2.71. The molecule has 2 atom stereocenters. The van der Waals surface area contributed by atoms with E-state index in [1.807, 2.05) is 12.1 Å². The average Bonchev–Trinajstić information content (AvgIpc) is 3.22. The molecule has 152 valence electrons. The van der Waals surface area contributed by atoms with Crippen LogP contribution in [0.1, 0.15) is 34.8 Å². The molecule has 0 aliphatic carbocycles. The fourth-order valence-electron chi connectivity index (χ4n) is 4.10. The van der Waals surface area contributed by atoms with Crippen LogP contribution in [0.4, 0.5) is 0 Å². The van der Waals surface area contributed by atoms with Crippen molar-refractivity contribution in [1.82, 2.24) is 19.6 Å². The third kappa shape index (κ3) is 3.90. The monoisotopic (exact) mass is 412 g/mol. The minimum atomic E-state index is -0.371. The van der Waals surface area contributed by atoms with E-state index in [9.17, 15) is 9.59 Å². The molecule has 0 radical (unpaired) electrons. The van der Waals surface area contributed by atoms with Gasteiger partial charge in [0.2, 0.25) is 0 Å². The average molecular weight is 413 g/mol. The molecule has 29 heavy (non-hydrogen) atoms. The van der Waals surface area contributed by atoms with Gasteiger partial charge in [-0.2, -0.15) is 0 Å². The summed E-state index contributed by atoms with van der Waals surface area (Å²) < 4.78 is 6.68. The molecule has 1 N–H and O–H groups in total. The first-order chi connectivity index (χ1) is 14.1. The molecule has 0 saturated carbocycles. The van der Waals surface area contributed by atoms with Gasteiger partial charge in [-0.15, -0.1) is 11.3 Å². The van der Waals surface area contributed by atoms with Crippen molar-refractivity contribution in [2.75, 3.05) is 27.2 Å². The molecule has 0 bridgehead atoms. The molecule has 4 rings (SSSR count). The maximum atomic E-state index is 12.7. The fraction of sp³-hybridized carbons (Fsp3) is 0.381. The summed E-state index contributed by atoms with van der Waals surface area (Å²) in [4.78, 5) is 32.3. The predicted molar refractivity (Wildman–Crippen MR) is 113 cm³/mol. The quantitative estimate of drug-likeness (QED) is 0.697. The Kier molecular flexibility index (Phi) is 5.64. The number of carbonyl (C=O) groups is 1. The number of hydrogen-bond donors (Lipinski definition) is 1. The zero-order chi connectivity index (χ0) is 20.4. The van der Waals surface area contributed by atoms with Gasteiger partial charge in [0.15, 0.2) is 4.96 Å². The predicted octanol–water partition coefficient (Wildman–Crippen LogP) is 2.58. The number of nitrogens with zero attached hydrogens (tertiary/aromatic N) is 3. The van der Waals surface area contributed by atoms with Crippen LogP contribution in [0, 0.1) is 5.92 Å². The molecular formula is C21H24N4O3S. The van der Waals surface area contributed by atoms with E-state index < -0.39 is 0 Å². The van der Waals surface area contributed by atoms with Crippen molar-refractivity contribution in [1.29, 1.82) is 0 Å². The van der Waals surface area contributed by atoms with Gasteiger partial charge in [0.25, 0.3) is 11.5 Å². The van der Waals surface area contributed by atoms with E-state index in [-0.39, 0.29) is 29.0 Å². The molecule has 3 aromatic rings. The van der Waals surface area contributed by atoms with E-state index in [1.165, 1.54) is 27.5 Å². The number of amides is 1. The number of benzene rings is 1. The van der Waals surface area contributed by atoms with Gasteiger partial charge in [-0.3, -0.25) is 18.9 Å². The van der Waals surface area contributed by atoms with Crippen LogP contribution in [0.2, 0.25) is 0 Å². The number of ether oxygens (including phenoxy) is 1. The third-order valence-corrected chi connectivity index (χ3v) is 6.35. The topological polar surface area (TPSA) is 75.9 Å². The van der Waals surface area contributed by atoms with Crippen molar-refractivity contribution in [3.8, 4) is 5.75 Å². The number of likely N-dealkylation sites (tertiary alicyclic amines) is 1. The van der Waals surface area contributed by atoms with Gasteiger partial charge in [-0.1, -0.05) is 12.1 Å². The van der Waals surface area contributed by atoms with Crippen molar-refractivity contribution in [2.45, 2.75) is 18.9 Å². The van der Waals surface area contributed by atoms with Crippen LogP contribution in [0.15, 0.2) is 46.8 Å². The second-order valence-corrected chi connectivity index (χ2v) is 8.22. The van der Waals surface area contributed by atoms with Crippen LogP contribution in [-0.4, -0.2) is 47.4 Å². The van der Waals surface area contributed by atoms with E-state index >= 15 is 0 Å². The lowest BCUT2D eigenvalue weighted by Gasteiger charge is -2.39. The summed E-state index contributed by atoms with van der Waals surface area (Å²) in [5.74, 6) is 0.713. The van der Waals surface area contributed by atoms with Crippen LogP contribution >= 0.6 is 11.3 Å². The largest absolute Gasteiger partial charge is 0.497 e. The van der Waals surface area contributed by atoms with E-state index in [0.717, 1.165) is 25.1 Å². The lowest BCUT2D eigenvalue weighted by atomic mass is 9.85. The first-order valence-corrected chi connectivity index (χ1v) is 10.5. The summed E-state index contributed by atoms with van der Waals surface area (Å²) in [6, 6.07) is 8.31. The maximum Gasteiger partial charge on any atom is 0.271 e. The molecule has 0 spiro atoms. The normalized spacial score (nSPS) is 19.9. The highest BCUT2D eigenvalue weighted by molar-refractivity contribution is 7.15. The first-order valence-electron chi connectivity index (χ1n) is 9.65. The number of carbonyl (C=O) groups excluding carboxylic acids is 1. The Morgan fingerprint density at radius 2 is 2.14 bits per heavy atom. The Labute approximate surface area is 173 Å². The smallest absolute Gasteiger partial charge is 0.271 e. The summed E-state index contributed by atoms with van der Waals surface area (Å²) in [6.07, 6.45) is 5.11. The van der Waals surface area contributed by atoms with E-state index in [4.69, 9.17) is 4.74 Å². The summed E-state index contributed by atoms with van der Waals surface area (Å²) in [5, 5.41) is 4.75. The molecule has 1 aliphatic heterocycles. The molecule has 1 fully saturated rings. The molecule has 1 amide bonds. The Morgan fingerprint density at radius 3 is 2.90 bits per heavy atom. The molecule has 8 heteroatoms. The number of piperidine rings is 1. The highest BCUT2D eigenvalue weighted by Crippen LogP contribution is 2.35. The molecule has 1 aromatic carbocycles. The van der Waals surface area contributed by atoms with Crippen molar-refractivity contribution < 1.29 is 9.53 Å². The van der Waals surface area contributed by atoms with Crippen LogP contribution < -0.4 is 15.6 Å². The van der Waals surface area contributed by atoms with E-state index in [2.05, 4.69) is 34.4 Å². The number of thiazole rings is 1. The highest BCUT2D eigenvalue weighted by Gasteiger charge is 2.31. The van der Waals surface area contributed by atoms with Crippen molar-refractivity contribution in [2.24, 2.45) is 5.92 Å². The summed E-state index contributed by atoms with van der Waals surface area (Å²) in [5.41, 5.74) is 0.945. The number of rotatable bonds is 5. The number of methoxy groups -OCH3 is 1. The SMILES string of the molecule is COc1ccc(C2C(CNC(=O)c3cnc4sccn4c3=O)CCCN2C)cc1. The molecule has 1 saturated heterocycles. The van der Waals surface area contributed by atoms with Gasteiger partial charge in [0, 0.05) is 30.4 Å². The summed E-state index contributed by atoms with van der Waals surface area (Å²) in [7, 11) is 3.77. The van der Waals surface area contributed by atoms with Gasteiger partial charge < -0.3 is 10.1 Å². The highest BCUT2D eigenvalue weighted by atomic mass is 32.1. The first kappa shape index (κ1) is 19.6. The molecule has 3 heterocycles. The number of nitrogens with one attached hydrogen (secondary N) is 1. The number of aromatic nitrogens is 2. The minimum absolute atomic E-state index is 0.0751. The second-order valence-electron chi connectivity index (χ2n) is 7.34. The van der Waals surface area contributed by atoms with Crippen molar-refractivity contribution in [3.63, 3.8) is 0 Å². The maximum absolute atomic E-state index is 12.7. The van der Waals surface area contributed by atoms with Crippen LogP contribution in [0.25, 0.3) is 4.96 Å². The molecular weight excluding hydrogens is 388 g/mol. The standard InChI is InChI=1S/C21H24N4O3S/c1-24-9-3-4-15(18(24)14-5-7-16(28-2)8-6-14)12-22-19(26)17-13-23-21-25(20(17)27)10-11-29-21/h5-8,10-11,13,15,18H,3-4,9,12H2,1-2H3,(H,22,26). The molecule has 7 nitrogen and oxygen atoms in total. The van der Waals surface area contributed by atoms with Crippen LogP contribution in [0.5, 0.6) is 5.75 Å². The van der Waals surface area contributed by atoms with Gasteiger partial charge in [-0.25, -0.2) is 4.98 Å². The number of hydrogen-bond acceptors (Lipinski definition) is 6. The van der Waals surface area contributed by atoms with Crippen molar-refractivity contribution >= 4 is 22.2 Å². The van der Waals surface area contributed by atoms with Gasteiger partial charge in [0.1, 0.15) is 11.3 Å². The van der Waals surface area contributed by atoms with Crippen molar-refractivity contribution in [3.05, 3.63) is 63.5 Å². The minimum Gasteiger partial charge on any atom is -0.497 e. The second kappa shape index (κ2) is 8.34. The summed E-state index contributed by atoms with van der Waals surface area (Å²) in [6.45, 7) is 1.52. The Balaban J connectivity index is 1.50. The fourth-order valence-corrected chi connectivity index (χ4v) is 4.78. The van der Waals surface area contributed by atoms with Crippen LogP contribution in [-0.2, 0) is 0 Å². The molecule has 1 aliphatic rings. The molecule has 2 unspecified atom stereocenters. The van der Waals surface area contributed by atoms with Gasteiger partial charge in [0.05, 0.1) is 7.11 Å². The van der Waals surface area contributed by atoms with Gasteiger partial charge in [-0.05, 0) is 50.0 Å². The molecule has 2 aromatic heterocycles. The lowest BCUT2D eigenvalue weighted by molar-refractivity contribution is 0.0889. The zero-order valence-corrected chi connectivity index (χ0v) is 17.3.